The van der Waals surface area contributed by atoms with E-state index in [1.165, 1.54) is 0 Å². The molecule has 2 aliphatic rings. The molecule has 6 heteroatoms. The Balaban J connectivity index is 1.47. The average molecular weight is 450 g/mol. The van der Waals surface area contributed by atoms with Crippen molar-refractivity contribution < 1.29 is 14.2 Å². The minimum atomic E-state index is -0.0929. The quantitative estimate of drug-likeness (QED) is 0.522. The molecular weight excluding hydrogens is 431 g/mol. The Morgan fingerprint density at radius 2 is 2.20 bits per heavy atom. The number of rotatable bonds is 4. The summed E-state index contributed by atoms with van der Waals surface area (Å²) in [6.45, 7) is 1.38. The van der Waals surface area contributed by atoms with Crippen LogP contribution in [0, 0.1) is 0 Å². The van der Waals surface area contributed by atoms with Gasteiger partial charge in [0.2, 0.25) is 0 Å². The number of allylic oxidation sites excluding steroid dienone is 3. The lowest BCUT2D eigenvalue weighted by Crippen LogP contribution is -2.31. The van der Waals surface area contributed by atoms with Crippen molar-refractivity contribution in [3.05, 3.63) is 72.2 Å². The number of hydrogen-bond acceptors (Lipinski definition) is 4. The van der Waals surface area contributed by atoms with Gasteiger partial charge in [-0.3, -0.25) is 0 Å². The molecule has 0 saturated carbocycles. The molecule has 0 spiro atoms. The molecule has 0 bridgehead atoms. The number of imidazole rings is 1. The Hall–Kier alpha value is -1.96. The number of methoxy groups -OCH3 is 1. The van der Waals surface area contributed by atoms with Gasteiger partial charge in [-0.15, -0.1) is 0 Å². The second-order valence-electron chi connectivity index (χ2n) is 6.26. The first-order valence-corrected chi connectivity index (χ1v) is 9.23. The summed E-state index contributed by atoms with van der Waals surface area (Å²) in [6.07, 6.45) is 10.6. The number of halogens is 1. The average Bonchev–Trinajstić information content (AvgIpc) is 3.14. The molecule has 1 aromatic carbocycles. The molecule has 0 N–H and O–H groups in total. The molecule has 25 heavy (non-hydrogen) atoms. The van der Waals surface area contributed by atoms with E-state index in [-0.39, 0.29) is 9.53 Å². The first kappa shape index (κ1) is 16.5. The molecule has 0 amide bonds. The molecular formula is C19H19IN2O3. The highest BCUT2D eigenvalue weighted by Crippen LogP contribution is 2.41. The summed E-state index contributed by atoms with van der Waals surface area (Å²) < 4.78 is 19.5. The zero-order chi connectivity index (χ0) is 17.3. The Bertz CT molecular complexity index is 799. The van der Waals surface area contributed by atoms with Crippen molar-refractivity contribution in [2.24, 2.45) is 0 Å². The molecule has 0 saturated heterocycles. The summed E-state index contributed by atoms with van der Waals surface area (Å²) >= 11 is 2.49. The van der Waals surface area contributed by atoms with Crippen molar-refractivity contribution in [2.75, 3.05) is 13.7 Å². The third-order valence-corrected chi connectivity index (χ3v) is 5.52. The van der Waals surface area contributed by atoms with Gasteiger partial charge < -0.3 is 18.8 Å². The Morgan fingerprint density at radius 3 is 2.92 bits per heavy atom. The summed E-state index contributed by atoms with van der Waals surface area (Å²) in [4.78, 5) is 4.11. The number of benzene rings is 1. The van der Waals surface area contributed by atoms with Crippen LogP contribution in [0.5, 0.6) is 5.75 Å². The third kappa shape index (κ3) is 3.53. The van der Waals surface area contributed by atoms with Crippen LogP contribution in [0.15, 0.2) is 66.7 Å². The lowest BCUT2D eigenvalue weighted by Gasteiger charge is -2.35. The van der Waals surface area contributed by atoms with Gasteiger partial charge in [-0.1, -0.05) is 40.8 Å². The summed E-state index contributed by atoms with van der Waals surface area (Å²) in [5.41, 5.74) is 1.09. The minimum absolute atomic E-state index is 0.0341. The largest absolute Gasteiger partial charge is 0.497 e. The predicted molar refractivity (Wildman–Crippen MR) is 103 cm³/mol. The molecule has 1 aliphatic heterocycles. The highest BCUT2D eigenvalue weighted by molar-refractivity contribution is 14.1. The molecule has 130 valence electrons. The maximum Gasteiger partial charge on any atom is 0.158 e. The van der Waals surface area contributed by atoms with Crippen molar-refractivity contribution in [1.82, 2.24) is 9.55 Å². The normalized spacial score (nSPS) is 25.1. The van der Waals surface area contributed by atoms with Gasteiger partial charge in [0.15, 0.2) is 11.9 Å². The van der Waals surface area contributed by atoms with Gasteiger partial charge >= 0.3 is 0 Å². The Labute approximate surface area is 160 Å². The van der Waals surface area contributed by atoms with Crippen LogP contribution < -0.4 is 4.74 Å². The van der Waals surface area contributed by atoms with Gasteiger partial charge in [-0.2, -0.15) is 0 Å². The van der Waals surface area contributed by atoms with Gasteiger partial charge in [0.05, 0.1) is 16.9 Å². The first-order chi connectivity index (χ1) is 12.1. The smallest absolute Gasteiger partial charge is 0.158 e. The van der Waals surface area contributed by atoms with E-state index in [0.717, 1.165) is 35.8 Å². The summed E-state index contributed by atoms with van der Waals surface area (Å²) in [5, 5.41) is 0. The number of alkyl halides is 1. The van der Waals surface area contributed by atoms with Crippen molar-refractivity contribution in [1.29, 1.82) is 0 Å². The first-order valence-electron chi connectivity index (χ1n) is 8.16. The SMILES string of the molecule is COc1ccc(C2COC3=C(C=CC(I)(Cn4ccnc4)C3)O2)cc1. The van der Waals surface area contributed by atoms with Crippen LogP contribution in [0.25, 0.3) is 0 Å². The molecule has 4 rings (SSSR count). The second kappa shape index (κ2) is 6.74. The van der Waals surface area contributed by atoms with Crippen LogP contribution in [-0.2, 0) is 16.0 Å². The lowest BCUT2D eigenvalue weighted by atomic mass is 9.97. The van der Waals surface area contributed by atoms with Crippen LogP contribution in [0.4, 0.5) is 0 Å². The molecule has 0 radical (unpaired) electrons. The Kier molecular flexibility index (Phi) is 4.45. The summed E-state index contributed by atoms with van der Waals surface area (Å²) in [7, 11) is 1.67. The van der Waals surface area contributed by atoms with Crippen LogP contribution in [0.3, 0.4) is 0 Å². The van der Waals surface area contributed by atoms with Crippen molar-refractivity contribution in [3.8, 4) is 5.75 Å². The predicted octanol–water partition coefficient (Wildman–Crippen LogP) is 4.03. The van der Waals surface area contributed by atoms with E-state index in [1.807, 2.05) is 42.9 Å². The van der Waals surface area contributed by atoms with Gasteiger partial charge in [-0.05, 0) is 23.8 Å². The van der Waals surface area contributed by atoms with E-state index in [0.29, 0.717) is 6.61 Å². The maximum absolute atomic E-state index is 6.18. The zero-order valence-electron chi connectivity index (χ0n) is 13.9. The fourth-order valence-electron chi connectivity index (χ4n) is 3.10. The van der Waals surface area contributed by atoms with Gasteiger partial charge in [0, 0.05) is 25.4 Å². The van der Waals surface area contributed by atoms with Crippen LogP contribution in [-0.4, -0.2) is 26.7 Å². The van der Waals surface area contributed by atoms with E-state index in [9.17, 15) is 0 Å². The summed E-state index contributed by atoms with van der Waals surface area (Å²) in [6, 6.07) is 7.93. The molecule has 2 heterocycles. The number of ether oxygens (including phenoxy) is 3. The van der Waals surface area contributed by atoms with Crippen LogP contribution >= 0.6 is 22.6 Å². The van der Waals surface area contributed by atoms with Crippen molar-refractivity contribution in [2.45, 2.75) is 22.5 Å². The highest BCUT2D eigenvalue weighted by atomic mass is 127. The van der Waals surface area contributed by atoms with Crippen LogP contribution in [0.1, 0.15) is 18.1 Å². The molecule has 2 aromatic rings. The molecule has 1 aromatic heterocycles. The van der Waals surface area contributed by atoms with E-state index in [2.05, 4.69) is 38.2 Å². The van der Waals surface area contributed by atoms with Crippen LogP contribution in [0.2, 0.25) is 0 Å². The Morgan fingerprint density at radius 1 is 1.36 bits per heavy atom. The van der Waals surface area contributed by atoms with E-state index in [4.69, 9.17) is 14.2 Å². The minimum Gasteiger partial charge on any atom is -0.497 e. The summed E-state index contributed by atoms with van der Waals surface area (Å²) in [5.74, 6) is 2.61. The standard InChI is InChI=1S/C19H19IN2O3/c1-23-15-4-2-14(3-5-15)18-11-24-17-10-19(20,7-6-16(17)25-18)12-22-9-8-21-13-22/h2-9,13,18H,10-12H2,1H3. The van der Waals surface area contributed by atoms with Crippen molar-refractivity contribution >= 4 is 22.6 Å². The fraction of sp³-hybridized carbons (Fsp3) is 0.316. The van der Waals surface area contributed by atoms with E-state index in [1.54, 1.807) is 13.3 Å². The molecule has 2 atom stereocenters. The molecule has 5 nitrogen and oxygen atoms in total. The number of nitrogens with zero attached hydrogens (tertiary/aromatic N) is 2. The highest BCUT2D eigenvalue weighted by Gasteiger charge is 2.35. The monoisotopic (exact) mass is 450 g/mol. The topological polar surface area (TPSA) is 45.5 Å². The van der Waals surface area contributed by atoms with E-state index < -0.39 is 0 Å². The third-order valence-electron chi connectivity index (χ3n) is 4.43. The maximum atomic E-state index is 6.18. The fourth-order valence-corrected chi connectivity index (χ4v) is 4.02. The van der Waals surface area contributed by atoms with Gasteiger partial charge in [-0.25, -0.2) is 4.98 Å². The molecule has 2 unspecified atom stereocenters. The number of hydrogen-bond donors (Lipinski definition) is 0. The van der Waals surface area contributed by atoms with E-state index >= 15 is 0 Å². The zero-order valence-corrected chi connectivity index (χ0v) is 16.0. The number of aromatic nitrogens is 2. The van der Waals surface area contributed by atoms with Gasteiger partial charge in [0.25, 0.3) is 0 Å². The molecule has 1 aliphatic carbocycles. The lowest BCUT2D eigenvalue weighted by molar-refractivity contribution is -0.00461. The molecule has 0 fully saturated rings. The second-order valence-corrected chi connectivity index (χ2v) is 8.41. The van der Waals surface area contributed by atoms with Crippen molar-refractivity contribution in [3.63, 3.8) is 0 Å². The van der Waals surface area contributed by atoms with Gasteiger partial charge in [0.1, 0.15) is 18.1 Å².